The molecule has 0 fully saturated rings. The number of fused-ring (bicyclic) bond motifs is 1. The molecule has 5 heteroatoms. The Hall–Kier alpha value is -2.11. The molecule has 0 amide bonds. The van der Waals surface area contributed by atoms with E-state index in [4.69, 9.17) is 14.3 Å². The number of hydrogen-bond acceptors (Lipinski definition) is 5. The lowest BCUT2D eigenvalue weighted by molar-refractivity contribution is 0.180. The van der Waals surface area contributed by atoms with Gasteiger partial charge in [0, 0.05) is 37.2 Å². The smallest absolute Gasteiger partial charge is 0.336 e. The van der Waals surface area contributed by atoms with Gasteiger partial charge >= 0.3 is 5.63 Å². The van der Waals surface area contributed by atoms with E-state index in [1.807, 2.05) is 24.0 Å². The lowest BCUT2D eigenvalue weighted by Gasteiger charge is -2.19. The minimum atomic E-state index is -0.359. The monoisotopic (exact) mass is 303 g/mol. The average Bonchev–Trinajstić information content (AvgIpc) is 2.47. The van der Waals surface area contributed by atoms with Crippen molar-refractivity contribution in [2.75, 3.05) is 32.8 Å². The van der Waals surface area contributed by atoms with Crippen molar-refractivity contribution < 1.29 is 14.3 Å². The van der Waals surface area contributed by atoms with E-state index in [1.165, 1.54) is 6.07 Å². The SMILES string of the molecule is C=CCN(CCO)CCOc1ccc2c(C)cc(=O)oc2c1. The van der Waals surface area contributed by atoms with Crippen molar-refractivity contribution in [3.05, 3.63) is 52.9 Å². The fourth-order valence-corrected chi connectivity index (χ4v) is 2.31. The van der Waals surface area contributed by atoms with Crippen LogP contribution in [0.25, 0.3) is 11.0 Å². The molecule has 0 bridgehead atoms. The molecule has 0 aliphatic heterocycles. The van der Waals surface area contributed by atoms with Crippen LogP contribution in [-0.2, 0) is 0 Å². The van der Waals surface area contributed by atoms with Gasteiger partial charge in [-0.3, -0.25) is 4.90 Å². The number of benzene rings is 1. The quantitative estimate of drug-likeness (QED) is 0.596. The summed E-state index contributed by atoms with van der Waals surface area (Å²) in [5, 5.41) is 9.89. The minimum Gasteiger partial charge on any atom is -0.492 e. The highest BCUT2D eigenvalue weighted by atomic mass is 16.5. The van der Waals surface area contributed by atoms with E-state index in [1.54, 1.807) is 12.1 Å². The van der Waals surface area contributed by atoms with Crippen molar-refractivity contribution in [3.8, 4) is 5.75 Å². The standard InChI is InChI=1S/C17H21NO4/c1-3-6-18(7-9-19)8-10-21-14-4-5-15-13(2)11-17(20)22-16(15)12-14/h3-5,11-12,19H,1,6-10H2,2H3. The van der Waals surface area contributed by atoms with Gasteiger partial charge in [-0.05, 0) is 24.6 Å². The number of hydrogen-bond donors (Lipinski definition) is 1. The van der Waals surface area contributed by atoms with Crippen molar-refractivity contribution in [2.24, 2.45) is 0 Å². The van der Waals surface area contributed by atoms with Crippen molar-refractivity contribution in [2.45, 2.75) is 6.92 Å². The highest BCUT2D eigenvalue weighted by Gasteiger charge is 2.05. The molecule has 0 unspecified atom stereocenters. The maximum absolute atomic E-state index is 11.4. The summed E-state index contributed by atoms with van der Waals surface area (Å²) in [7, 11) is 0. The fraction of sp³-hybridized carbons (Fsp3) is 0.353. The van der Waals surface area contributed by atoms with E-state index >= 15 is 0 Å². The number of aliphatic hydroxyl groups excluding tert-OH is 1. The van der Waals surface area contributed by atoms with Crippen LogP contribution in [0.4, 0.5) is 0 Å². The third kappa shape index (κ3) is 4.19. The van der Waals surface area contributed by atoms with Crippen LogP contribution in [0, 0.1) is 6.92 Å². The summed E-state index contributed by atoms with van der Waals surface area (Å²) in [5.41, 5.74) is 1.06. The van der Waals surface area contributed by atoms with E-state index in [2.05, 4.69) is 6.58 Å². The molecule has 2 aromatic rings. The summed E-state index contributed by atoms with van der Waals surface area (Å²) in [6.07, 6.45) is 1.79. The molecule has 1 heterocycles. The van der Waals surface area contributed by atoms with E-state index in [0.29, 0.717) is 37.6 Å². The van der Waals surface area contributed by atoms with Crippen LogP contribution in [0.5, 0.6) is 5.75 Å². The molecule has 5 nitrogen and oxygen atoms in total. The first kappa shape index (κ1) is 16.3. The van der Waals surface area contributed by atoms with Gasteiger partial charge in [-0.2, -0.15) is 0 Å². The summed E-state index contributed by atoms with van der Waals surface area (Å²) >= 11 is 0. The maximum atomic E-state index is 11.4. The molecular formula is C17H21NO4. The second-order valence-electron chi connectivity index (χ2n) is 5.07. The van der Waals surface area contributed by atoms with Crippen LogP contribution in [-0.4, -0.2) is 42.9 Å². The van der Waals surface area contributed by atoms with Gasteiger partial charge in [0.15, 0.2) is 0 Å². The number of ether oxygens (including phenoxy) is 1. The molecule has 0 saturated carbocycles. The Morgan fingerprint density at radius 1 is 1.36 bits per heavy atom. The Bertz CT molecular complexity index is 693. The zero-order chi connectivity index (χ0) is 15.9. The van der Waals surface area contributed by atoms with Gasteiger partial charge < -0.3 is 14.3 Å². The number of aliphatic hydroxyl groups is 1. The Balaban J connectivity index is 2.02. The van der Waals surface area contributed by atoms with Gasteiger partial charge in [0.25, 0.3) is 0 Å². The Morgan fingerprint density at radius 2 is 2.18 bits per heavy atom. The molecule has 0 atom stereocenters. The number of rotatable bonds is 8. The minimum absolute atomic E-state index is 0.105. The normalized spacial score (nSPS) is 11.0. The second kappa shape index (κ2) is 7.77. The summed E-state index contributed by atoms with van der Waals surface area (Å²) in [6, 6.07) is 6.95. The highest BCUT2D eigenvalue weighted by Crippen LogP contribution is 2.22. The predicted octanol–water partition coefficient (Wildman–Crippen LogP) is 1.96. The first-order chi connectivity index (χ1) is 10.6. The largest absolute Gasteiger partial charge is 0.492 e. The zero-order valence-corrected chi connectivity index (χ0v) is 12.7. The van der Waals surface area contributed by atoms with Crippen LogP contribution in [0.15, 0.2) is 46.1 Å². The lowest BCUT2D eigenvalue weighted by atomic mass is 10.1. The predicted molar refractivity (Wildman–Crippen MR) is 86.4 cm³/mol. The molecule has 0 aliphatic carbocycles. The third-order valence-corrected chi connectivity index (χ3v) is 3.40. The van der Waals surface area contributed by atoms with Gasteiger partial charge in [-0.15, -0.1) is 6.58 Å². The van der Waals surface area contributed by atoms with Crippen LogP contribution in [0.3, 0.4) is 0 Å². The zero-order valence-electron chi connectivity index (χ0n) is 12.7. The third-order valence-electron chi connectivity index (χ3n) is 3.40. The molecule has 0 spiro atoms. The van der Waals surface area contributed by atoms with Crippen LogP contribution >= 0.6 is 0 Å². The summed E-state index contributed by atoms with van der Waals surface area (Å²) in [6.45, 7) is 8.13. The van der Waals surface area contributed by atoms with Gasteiger partial charge in [0.05, 0.1) is 6.61 Å². The van der Waals surface area contributed by atoms with E-state index in [0.717, 1.165) is 10.9 Å². The van der Waals surface area contributed by atoms with Crippen LogP contribution in [0.2, 0.25) is 0 Å². The molecule has 1 aromatic carbocycles. The van der Waals surface area contributed by atoms with Gasteiger partial charge in [0.1, 0.15) is 17.9 Å². The molecule has 118 valence electrons. The van der Waals surface area contributed by atoms with Crippen molar-refractivity contribution >= 4 is 11.0 Å². The van der Waals surface area contributed by atoms with Crippen molar-refractivity contribution in [3.63, 3.8) is 0 Å². The molecule has 0 saturated heterocycles. The van der Waals surface area contributed by atoms with E-state index in [-0.39, 0.29) is 12.2 Å². The fourth-order valence-electron chi connectivity index (χ4n) is 2.31. The number of nitrogens with zero attached hydrogens (tertiary/aromatic N) is 1. The molecule has 2 rings (SSSR count). The van der Waals surface area contributed by atoms with Gasteiger partial charge in [0.2, 0.25) is 0 Å². The van der Waals surface area contributed by atoms with Gasteiger partial charge in [-0.1, -0.05) is 6.08 Å². The summed E-state index contributed by atoms with van der Waals surface area (Å²) in [5.74, 6) is 0.656. The van der Waals surface area contributed by atoms with Crippen molar-refractivity contribution in [1.29, 1.82) is 0 Å². The molecule has 22 heavy (non-hydrogen) atoms. The molecule has 1 N–H and O–H groups in total. The molecule has 1 aromatic heterocycles. The van der Waals surface area contributed by atoms with Crippen LogP contribution < -0.4 is 10.4 Å². The lowest BCUT2D eigenvalue weighted by Crippen LogP contribution is -2.31. The molecule has 0 radical (unpaired) electrons. The average molecular weight is 303 g/mol. The maximum Gasteiger partial charge on any atom is 0.336 e. The Kier molecular flexibility index (Phi) is 5.75. The van der Waals surface area contributed by atoms with Crippen molar-refractivity contribution in [1.82, 2.24) is 4.90 Å². The van der Waals surface area contributed by atoms with Crippen LogP contribution in [0.1, 0.15) is 5.56 Å². The van der Waals surface area contributed by atoms with E-state index in [9.17, 15) is 4.79 Å². The Labute approximate surface area is 129 Å². The summed E-state index contributed by atoms with van der Waals surface area (Å²) < 4.78 is 10.9. The highest BCUT2D eigenvalue weighted by molar-refractivity contribution is 5.81. The number of aryl methyl sites for hydroxylation is 1. The second-order valence-corrected chi connectivity index (χ2v) is 5.07. The molecule has 0 aliphatic rings. The van der Waals surface area contributed by atoms with E-state index < -0.39 is 0 Å². The first-order valence-electron chi connectivity index (χ1n) is 7.25. The first-order valence-corrected chi connectivity index (χ1v) is 7.25. The van der Waals surface area contributed by atoms with Gasteiger partial charge in [-0.25, -0.2) is 4.79 Å². The topological polar surface area (TPSA) is 62.9 Å². The Morgan fingerprint density at radius 3 is 2.91 bits per heavy atom. The summed E-state index contributed by atoms with van der Waals surface area (Å²) in [4.78, 5) is 13.5. The molecular weight excluding hydrogens is 282 g/mol.